The van der Waals surface area contributed by atoms with E-state index in [2.05, 4.69) is 52.0 Å². The van der Waals surface area contributed by atoms with Crippen molar-refractivity contribution in [1.82, 2.24) is 0 Å². The zero-order chi connectivity index (χ0) is 12.3. The molecule has 0 spiro atoms. The Kier molecular flexibility index (Phi) is 3.02. The van der Waals surface area contributed by atoms with Crippen LogP contribution in [0, 0.1) is 5.41 Å². The molecule has 2 heteroatoms. The molecule has 0 N–H and O–H groups in total. The highest BCUT2D eigenvalue weighted by atomic mass is 35.5. The van der Waals surface area contributed by atoms with E-state index in [0.29, 0.717) is 5.41 Å². The molecule has 98 valence electrons. The predicted molar refractivity (Wildman–Crippen MR) is 78.3 cm³/mol. The van der Waals surface area contributed by atoms with Gasteiger partial charge in [-0.2, -0.15) is 0 Å². The SMILES string of the molecule is CC1(C)CC2=C(C1)C(C)(C)Oc1ccccc12.Cl. The monoisotopic (exact) mass is 264 g/mol. The Bertz CT molecular complexity index is 512. The van der Waals surface area contributed by atoms with Crippen LogP contribution < -0.4 is 4.74 Å². The van der Waals surface area contributed by atoms with Gasteiger partial charge >= 0.3 is 0 Å². The summed E-state index contributed by atoms with van der Waals surface area (Å²) in [7, 11) is 0. The second kappa shape index (κ2) is 4.03. The normalized spacial score (nSPS) is 22.7. The van der Waals surface area contributed by atoms with Gasteiger partial charge in [0.25, 0.3) is 0 Å². The third-order valence-electron chi connectivity index (χ3n) is 3.98. The van der Waals surface area contributed by atoms with E-state index in [9.17, 15) is 0 Å². The van der Waals surface area contributed by atoms with Crippen molar-refractivity contribution in [2.75, 3.05) is 0 Å². The minimum Gasteiger partial charge on any atom is -0.483 e. The van der Waals surface area contributed by atoms with Crippen LogP contribution in [-0.4, -0.2) is 5.60 Å². The summed E-state index contributed by atoms with van der Waals surface area (Å²) in [6.45, 7) is 9.09. The van der Waals surface area contributed by atoms with E-state index in [1.54, 1.807) is 0 Å². The second-order valence-corrected chi connectivity index (χ2v) is 6.58. The van der Waals surface area contributed by atoms with Crippen LogP contribution in [0.1, 0.15) is 46.1 Å². The first kappa shape index (κ1) is 13.5. The van der Waals surface area contributed by atoms with Crippen LogP contribution in [0.4, 0.5) is 0 Å². The first-order valence-corrected chi connectivity index (χ1v) is 6.40. The van der Waals surface area contributed by atoms with Crippen molar-refractivity contribution >= 4 is 18.0 Å². The van der Waals surface area contributed by atoms with Gasteiger partial charge in [-0.1, -0.05) is 32.0 Å². The van der Waals surface area contributed by atoms with E-state index in [4.69, 9.17) is 4.74 Å². The van der Waals surface area contributed by atoms with Crippen molar-refractivity contribution < 1.29 is 4.74 Å². The Balaban J connectivity index is 0.00000120. The molecule has 0 atom stereocenters. The van der Waals surface area contributed by atoms with Gasteiger partial charge in [-0.25, -0.2) is 0 Å². The van der Waals surface area contributed by atoms with Gasteiger partial charge in [-0.05, 0) is 49.3 Å². The molecule has 1 aromatic carbocycles. The van der Waals surface area contributed by atoms with Gasteiger partial charge in [0.15, 0.2) is 0 Å². The summed E-state index contributed by atoms with van der Waals surface area (Å²) in [6, 6.07) is 8.45. The van der Waals surface area contributed by atoms with Gasteiger partial charge in [-0.15, -0.1) is 12.4 Å². The Hall–Kier alpha value is -0.950. The fourth-order valence-electron chi connectivity index (χ4n) is 3.21. The molecule has 1 heterocycles. The zero-order valence-corrected chi connectivity index (χ0v) is 12.4. The lowest BCUT2D eigenvalue weighted by Crippen LogP contribution is -2.33. The maximum Gasteiger partial charge on any atom is 0.128 e. The number of hydrogen-bond donors (Lipinski definition) is 0. The molecule has 1 aliphatic heterocycles. The maximum atomic E-state index is 6.17. The van der Waals surface area contributed by atoms with Crippen LogP contribution in [0.2, 0.25) is 0 Å². The third kappa shape index (κ3) is 1.95. The average molecular weight is 265 g/mol. The molecule has 0 radical (unpaired) electrons. The molecule has 0 unspecified atom stereocenters. The quantitative estimate of drug-likeness (QED) is 0.651. The number of allylic oxidation sites excluding steroid dienone is 1. The first-order valence-electron chi connectivity index (χ1n) is 6.40. The predicted octanol–water partition coefficient (Wildman–Crippen LogP) is 4.85. The third-order valence-corrected chi connectivity index (χ3v) is 3.98. The summed E-state index contributed by atoms with van der Waals surface area (Å²) >= 11 is 0. The Morgan fingerprint density at radius 3 is 2.39 bits per heavy atom. The van der Waals surface area contributed by atoms with Crippen molar-refractivity contribution in [1.29, 1.82) is 0 Å². The average Bonchev–Trinajstić information content (AvgIpc) is 2.55. The van der Waals surface area contributed by atoms with Crippen molar-refractivity contribution in [3.8, 4) is 5.75 Å². The molecular formula is C16H21ClO. The second-order valence-electron chi connectivity index (χ2n) is 6.58. The lowest BCUT2D eigenvalue weighted by atomic mass is 9.86. The number of ether oxygens (including phenoxy) is 1. The number of para-hydroxylation sites is 1. The zero-order valence-electron chi connectivity index (χ0n) is 11.5. The molecule has 0 fully saturated rings. The van der Waals surface area contributed by atoms with Crippen molar-refractivity contribution in [2.24, 2.45) is 5.41 Å². The summed E-state index contributed by atoms with van der Waals surface area (Å²) in [6.07, 6.45) is 2.33. The smallest absolute Gasteiger partial charge is 0.128 e. The van der Waals surface area contributed by atoms with Crippen molar-refractivity contribution in [3.05, 3.63) is 35.4 Å². The molecule has 2 aliphatic rings. The van der Waals surface area contributed by atoms with Gasteiger partial charge in [0.05, 0.1) is 0 Å². The fraction of sp³-hybridized carbons (Fsp3) is 0.500. The van der Waals surface area contributed by atoms with E-state index in [1.807, 2.05) is 0 Å². The standard InChI is InChI=1S/C16H20O.ClH/c1-15(2)9-12-11-7-5-6-8-14(11)17-16(3,4)13(12)10-15;/h5-8H,9-10H2,1-4H3;1H. The number of hydrogen-bond acceptors (Lipinski definition) is 1. The number of halogens is 1. The van der Waals surface area contributed by atoms with E-state index >= 15 is 0 Å². The molecule has 1 aromatic rings. The van der Waals surface area contributed by atoms with Gasteiger partial charge in [-0.3, -0.25) is 0 Å². The van der Waals surface area contributed by atoms with Crippen LogP contribution in [0.15, 0.2) is 29.8 Å². The lowest BCUT2D eigenvalue weighted by Gasteiger charge is -2.35. The van der Waals surface area contributed by atoms with Gasteiger partial charge in [0, 0.05) is 5.56 Å². The molecule has 0 aromatic heterocycles. The maximum absolute atomic E-state index is 6.17. The molecule has 18 heavy (non-hydrogen) atoms. The molecule has 1 nitrogen and oxygen atoms in total. The summed E-state index contributed by atoms with van der Waals surface area (Å²) in [4.78, 5) is 0. The van der Waals surface area contributed by atoms with Crippen LogP contribution >= 0.6 is 12.4 Å². The van der Waals surface area contributed by atoms with E-state index in [0.717, 1.165) is 12.2 Å². The number of benzene rings is 1. The summed E-state index contributed by atoms with van der Waals surface area (Å²) in [5, 5.41) is 0. The summed E-state index contributed by atoms with van der Waals surface area (Å²) < 4.78 is 6.17. The van der Waals surface area contributed by atoms with Crippen LogP contribution in [0.3, 0.4) is 0 Å². The molecule has 0 saturated carbocycles. The number of fused-ring (bicyclic) bond motifs is 2. The molecule has 1 aliphatic carbocycles. The van der Waals surface area contributed by atoms with E-state index < -0.39 is 0 Å². The van der Waals surface area contributed by atoms with Crippen molar-refractivity contribution in [2.45, 2.75) is 46.1 Å². The van der Waals surface area contributed by atoms with Crippen LogP contribution in [-0.2, 0) is 0 Å². The fourth-order valence-corrected chi connectivity index (χ4v) is 3.21. The highest BCUT2D eigenvalue weighted by molar-refractivity contribution is 5.85. The molecule has 3 rings (SSSR count). The van der Waals surface area contributed by atoms with Crippen LogP contribution in [0.5, 0.6) is 5.75 Å². The van der Waals surface area contributed by atoms with E-state index in [-0.39, 0.29) is 18.0 Å². The minimum atomic E-state index is -0.141. The highest BCUT2D eigenvalue weighted by Crippen LogP contribution is 2.54. The largest absolute Gasteiger partial charge is 0.483 e. The van der Waals surface area contributed by atoms with Crippen LogP contribution in [0.25, 0.3) is 5.57 Å². The Morgan fingerprint density at radius 2 is 1.67 bits per heavy atom. The Labute approximate surface area is 116 Å². The summed E-state index contributed by atoms with van der Waals surface area (Å²) in [5.41, 5.74) is 4.58. The Morgan fingerprint density at radius 1 is 1.00 bits per heavy atom. The first-order chi connectivity index (χ1) is 7.89. The van der Waals surface area contributed by atoms with Gasteiger partial charge in [0.2, 0.25) is 0 Å². The minimum absolute atomic E-state index is 0. The molecular weight excluding hydrogens is 244 g/mol. The lowest BCUT2D eigenvalue weighted by molar-refractivity contribution is 0.138. The molecule has 0 amide bonds. The van der Waals surface area contributed by atoms with Gasteiger partial charge < -0.3 is 4.74 Å². The summed E-state index contributed by atoms with van der Waals surface area (Å²) in [5.74, 6) is 1.05. The topological polar surface area (TPSA) is 9.23 Å². The van der Waals surface area contributed by atoms with Gasteiger partial charge in [0.1, 0.15) is 11.4 Å². The molecule has 0 bridgehead atoms. The number of rotatable bonds is 0. The van der Waals surface area contributed by atoms with E-state index in [1.165, 1.54) is 23.1 Å². The van der Waals surface area contributed by atoms with Crippen molar-refractivity contribution in [3.63, 3.8) is 0 Å². The highest BCUT2D eigenvalue weighted by Gasteiger charge is 2.42. The molecule has 0 saturated heterocycles.